The number of hydrogen-bond donors (Lipinski definition) is 1. The number of rotatable bonds is 8. The SMILES string of the molecule is CC(=O)C(C=NOCc1ccc([N+](=O)[O-])cc1)C(=O)Nc1nccs1. The fraction of sp³-hybridized carbons (Fsp3) is 0.200. The van der Waals surface area contributed by atoms with Crippen molar-refractivity contribution >= 4 is 40.1 Å². The van der Waals surface area contributed by atoms with E-state index in [1.54, 1.807) is 5.38 Å². The molecule has 1 aromatic heterocycles. The molecular weight excluding hydrogens is 348 g/mol. The number of nitrogens with zero attached hydrogens (tertiary/aromatic N) is 3. The summed E-state index contributed by atoms with van der Waals surface area (Å²) < 4.78 is 0. The van der Waals surface area contributed by atoms with Crippen LogP contribution in [-0.4, -0.2) is 27.8 Å². The number of nitrogens with one attached hydrogen (secondary N) is 1. The van der Waals surface area contributed by atoms with Crippen molar-refractivity contribution in [3.05, 3.63) is 51.5 Å². The Kier molecular flexibility index (Phi) is 6.29. The molecule has 2 aromatic rings. The van der Waals surface area contributed by atoms with Gasteiger partial charge in [-0.1, -0.05) is 5.16 Å². The minimum Gasteiger partial charge on any atom is -0.391 e. The summed E-state index contributed by atoms with van der Waals surface area (Å²) in [4.78, 5) is 42.6. The second-order valence-electron chi connectivity index (χ2n) is 4.87. The number of anilines is 1. The largest absolute Gasteiger partial charge is 0.391 e. The van der Waals surface area contributed by atoms with E-state index in [4.69, 9.17) is 4.84 Å². The van der Waals surface area contributed by atoms with Gasteiger partial charge < -0.3 is 10.2 Å². The molecule has 1 heterocycles. The predicted octanol–water partition coefficient (Wildman–Crippen LogP) is 2.40. The van der Waals surface area contributed by atoms with Crippen LogP contribution < -0.4 is 5.32 Å². The maximum atomic E-state index is 12.0. The highest BCUT2D eigenvalue weighted by molar-refractivity contribution is 7.13. The van der Waals surface area contributed by atoms with E-state index < -0.39 is 22.5 Å². The van der Waals surface area contributed by atoms with Gasteiger partial charge in [0.1, 0.15) is 18.3 Å². The zero-order valence-corrected chi connectivity index (χ0v) is 13.9. The summed E-state index contributed by atoms with van der Waals surface area (Å²) in [6.07, 6.45) is 2.64. The van der Waals surface area contributed by atoms with Crippen LogP contribution >= 0.6 is 11.3 Å². The van der Waals surface area contributed by atoms with Gasteiger partial charge in [-0.05, 0) is 24.6 Å². The second kappa shape index (κ2) is 8.64. The van der Waals surface area contributed by atoms with Crippen LogP contribution in [-0.2, 0) is 21.0 Å². The van der Waals surface area contributed by atoms with E-state index in [1.165, 1.54) is 48.7 Å². The van der Waals surface area contributed by atoms with Gasteiger partial charge in [-0.3, -0.25) is 19.7 Å². The quantitative estimate of drug-likeness (QED) is 0.333. The average Bonchev–Trinajstić information content (AvgIpc) is 3.07. The van der Waals surface area contributed by atoms with Crippen LogP contribution in [0.2, 0.25) is 0 Å². The number of benzene rings is 1. The fourth-order valence-corrected chi connectivity index (χ4v) is 2.29. The lowest BCUT2D eigenvalue weighted by Gasteiger charge is -2.07. The number of hydrogen-bond acceptors (Lipinski definition) is 8. The number of carbonyl (C=O) groups excluding carboxylic acids is 2. The van der Waals surface area contributed by atoms with Gasteiger partial charge in [-0.25, -0.2) is 4.98 Å². The summed E-state index contributed by atoms with van der Waals surface area (Å²) >= 11 is 1.23. The number of Topliss-reactive ketones (excluding diaryl/α,β-unsaturated/α-hetero) is 1. The highest BCUT2D eigenvalue weighted by Crippen LogP contribution is 2.13. The third-order valence-electron chi connectivity index (χ3n) is 3.05. The van der Waals surface area contributed by atoms with E-state index in [0.29, 0.717) is 10.7 Å². The van der Waals surface area contributed by atoms with Gasteiger partial charge in [-0.2, -0.15) is 0 Å². The smallest absolute Gasteiger partial charge is 0.269 e. The van der Waals surface area contributed by atoms with Gasteiger partial charge in [-0.15, -0.1) is 11.3 Å². The van der Waals surface area contributed by atoms with Gasteiger partial charge >= 0.3 is 0 Å². The monoisotopic (exact) mass is 362 g/mol. The summed E-state index contributed by atoms with van der Waals surface area (Å²) in [7, 11) is 0. The molecule has 0 bridgehead atoms. The number of amides is 1. The Balaban J connectivity index is 1.89. The number of carbonyl (C=O) groups is 2. The van der Waals surface area contributed by atoms with Gasteiger partial charge in [0.15, 0.2) is 5.13 Å². The number of nitro benzene ring substituents is 1. The van der Waals surface area contributed by atoms with Gasteiger partial charge in [0.05, 0.1) is 11.1 Å². The first-order chi connectivity index (χ1) is 12.0. The molecule has 1 atom stereocenters. The van der Waals surface area contributed by atoms with Crippen LogP contribution in [0.5, 0.6) is 0 Å². The number of thiazole rings is 1. The average molecular weight is 362 g/mol. The van der Waals surface area contributed by atoms with Crippen molar-refractivity contribution in [2.75, 3.05) is 5.32 Å². The van der Waals surface area contributed by atoms with E-state index in [1.807, 2.05) is 0 Å². The maximum absolute atomic E-state index is 12.0. The number of nitro groups is 1. The lowest BCUT2D eigenvalue weighted by molar-refractivity contribution is -0.384. The summed E-state index contributed by atoms with van der Waals surface area (Å²) in [5.41, 5.74) is 0.636. The zero-order chi connectivity index (χ0) is 18.2. The van der Waals surface area contributed by atoms with Crippen LogP contribution in [0.15, 0.2) is 41.0 Å². The topological polar surface area (TPSA) is 124 Å². The molecule has 10 heteroatoms. The third-order valence-corrected chi connectivity index (χ3v) is 3.73. The molecule has 130 valence electrons. The summed E-state index contributed by atoms with van der Waals surface area (Å²) in [5.74, 6) is -2.04. The van der Waals surface area contributed by atoms with Crippen molar-refractivity contribution in [2.45, 2.75) is 13.5 Å². The van der Waals surface area contributed by atoms with Crippen molar-refractivity contribution in [3.8, 4) is 0 Å². The Bertz CT molecular complexity index is 774. The van der Waals surface area contributed by atoms with Crippen LogP contribution in [0.4, 0.5) is 10.8 Å². The van der Waals surface area contributed by atoms with Crippen LogP contribution in [0.25, 0.3) is 0 Å². The second-order valence-corrected chi connectivity index (χ2v) is 5.76. The molecule has 0 aliphatic rings. The number of non-ortho nitro benzene ring substituents is 1. The fourth-order valence-electron chi connectivity index (χ4n) is 1.76. The minimum atomic E-state index is -1.10. The molecule has 25 heavy (non-hydrogen) atoms. The Morgan fingerprint density at radius 2 is 2.16 bits per heavy atom. The molecule has 1 aromatic carbocycles. The highest BCUT2D eigenvalue weighted by Gasteiger charge is 2.22. The number of aromatic nitrogens is 1. The van der Waals surface area contributed by atoms with E-state index in [2.05, 4.69) is 15.5 Å². The molecule has 0 spiro atoms. The number of oxime groups is 1. The summed E-state index contributed by atoms with van der Waals surface area (Å²) in [6.45, 7) is 1.32. The van der Waals surface area contributed by atoms with Crippen molar-refractivity contribution in [1.82, 2.24) is 4.98 Å². The van der Waals surface area contributed by atoms with Crippen molar-refractivity contribution in [2.24, 2.45) is 11.1 Å². The molecule has 2 rings (SSSR count). The Morgan fingerprint density at radius 1 is 1.44 bits per heavy atom. The van der Waals surface area contributed by atoms with Gasteiger partial charge in [0.2, 0.25) is 5.91 Å². The third kappa shape index (κ3) is 5.46. The van der Waals surface area contributed by atoms with Crippen LogP contribution in [0, 0.1) is 16.0 Å². The highest BCUT2D eigenvalue weighted by atomic mass is 32.1. The minimum absolute atomic E-state index is 0.0252. The normalized spacial score (nSPS) is 11.9. The Morgan fingerprint density at radius 3 is 2.72 bits per heavy atom. The molecular formula is C15H14N4O5S. The molecule has 1 unspecified atom stereocenters. The molecule has 0 radical (unpaired) electrons. The van der Waals surface area contributed by atoms with E-state index >= 15 is 0 Å². The van der Waals surface area contributed by atoms with Crippen molar-refractivity contribution < 1.29 is 19.3 Å². The first-order valence-electron chi connectivity index (χ1n) is 7.07. The maximum Gasteiger partial charge on any atom is 0.269 e. The van der Waals surface area contributed by atoms with Gasteiger partial charge in [0, 0.05) is 23.7 Å². The first-order valence-corrected chi connectivity index (χ1v) is 7.95. The van der Waals surface area contributed by atoms with Crippen molar-refractivity contribution in [3.63, 3.8) is 0 Å². The standard InChI is InChI=1S/C15H14N4O5S/c1-10(20)13(14(21)18-15-16-6-7-25-15)8-17-24-9-11-2-4-12(5-3-11)19(22)23/h2-8,13H,9H2,1H3,(H,16,18,21). The zero-order valence-electron chi connectivity index (χ0n) is 13.1. The molecule has 9 nitrogen and oxygen atoms in total. The van der Waals surface area contributed by atoms with E-state index in [-0.39, 0.29) is 12.3 Å². The molecule has 0 saturated heterocycles. The summed E-state index contributed by atoms with van der Waals surface area (Å²) in [6, 6.07) is 5.76. The lowest BCUT2D eigenvalue weighted by Crippen LogP contribution is -2.29. The lowest BCUT2D eigenvalue weighted by atomic mass is 10.1. The predicted molar refractivity (Wildman–Crippen MR) is 91.3 cm³/mol. The van der Waals surface area contributed by atoms with Crippen LogP contribution in [0.3, 0.4) is 0 Å². The van der Waals surface area contributed by atoms with Crippen LogP contribution in [0.1, 0.15) is 12.5 Å². The Labute approximate surface area is 146 Å². The molecule has 1 N–H and O–H groups in total. The molecule has 0 saturated carbocycles. The first kappa shape index (κ1) is 18.2. The molecule has 1 amide bonds. The van der Waals surface area contributed by atoms with E-state index in [0.717, 1.165) is 6.21 Å². The van der Waals surface area contributed by atoms with E-state index in [9.17, 15) is 19.7 Å². The van der Waals surface area contributed by atoms with Gasteiger partial charge in [0.25, 0.3) is 5.69 Å². The Hall–Kier alpha value is -3.14. The number of ketones is 1. The molecule has 0 aliphatic carbocycles. The van der Waals surface area contributed by atoms with Crippen molar-refractivity contribution in [1.29, 1.82) is 0 Å². The summed E-state index contributed by atoms with van der Waals surface area (Å²) in [5, 5.41) is 18.8. The molecule has 0 fully saturated rings. The molecule has 0 aliphatic heterocycles.